The predicted octanol–water partition coefficient (Wildman–Crippen LogP) is 1.91. The highest BCUT2D eigenvalue weighted by atomic mass is 19.4. The molecule has 0 aliphatic carbocycles. The van der Waals surface area contributed by atoms with Crippen LogP contribution in [0.1, 0.15) is 22.0 Å². The quantitative estimate of drug-likeness (QED) is 0.669. The van der Waals surface area contributed by atoms with Gasteiger partial charge >= 0.3 is 12.2 Å². The molecule has 2 aliphatic rings. The number of halogens is 3. The van der Waals surface area contributed by atoms with Crippen LogP contribution in [0.3, 0.4) is 0 Å². The fraction of sp³-hybridized carbons (Fsp3) is 0.278. The van der Waals surface area contributed by atoms with Gasteiger partial charge in [0.05, 0.1) is 6.04 Å². The molecule has 11 heteroatoms. The number of aliphatic hydroxyl groups is 1. The molecule has 0 saturated carbocycles. The molecule has 2 amide bonds. The summed E-state index contributed by atoms with van der Waals surface area (Å²) >= 11 is 0. The SMILES string of the molecule is O=C1N[C@@H](c2ccc3c(c2)OCO3)[C@H](C(=O)c2cccnc2)[C@@](O)(C(F)(F)F)N1. The molecule has 2 aliphatic heterocycles. The lowest BCUT2D eigenvalue weighted by molar-refractivity contribution is -0.287. The Balaban J connectivity index is 1.84. The first-order chi connectivity index (χ1) is 13.7. The highest BCUT2D eigenvalue weighted by molar-refractivity contribution is 6.00. The molecule has 4 rings (SSSR count). The fourth-order valence-corrected chi connectivity index (χ4v) is 3.41. The number of carbonyl (C=O) groups excluding carboxylic acids is 2. The number of amides is 2. The lowest BCUT2D eigenvalue weighted by Crippen LogP contribution is -2.72. The van der Waals surface area contributed by atoms with E-state index in [1.807, 2.05) is 0 Å². The van der Waals surface area contributed by atoms with Crippen LogP contribution in [0.2, 0.25) is 0 Å². The Morgan fingerprint density at radius 2 is 2.00 bits per heavy atom. The molecule has 1 aromatic heterocycles. The van der Waals surface area contributed by atoms with Gasteiger partial charge in [-0.3, -0.25) is 9.78 Å². The first-order valence-corrected chi connectivity index (χ1v) is 8.42. The minimum Gasteiger partial charge on any atom is -0.454 e. The number of ketones is 1. The second kappa shape index (κ2) is 6.62. The van der Waals surface area contributed by atoms with Gasteiger partial charge in [0.1, 0.15) is 5.92 Å². The van der Waals surface area contributed by atoms with Crippen LogP contribution in [-0.4, -0.2) is 40.6 Å². The average Bonchev–Trinajstić information content (AvgIpc) is 3.14. The second-order valence-corrected chi connectivity index (χ2v) is 6.54. The van der Waals surface area contributed by atoms with E-state index < -0.39 is 35.7 Å². The summed E-state index contributed by atoms with van der Waals surface area (Å²) in [5, 5.41) is 14.3. The normalized spacial score (nSPS) is 25.9. The molecule has 3 N–H and O–H groups in total. The molecule has 3 atom stereocenters. The van der Waals surface area contributed by atoms with Crippen LogP contribution < -0.4 is 20.1 Å². The van der Waals surface area contributed by atoms with Gasteiger partial charge in [-0.15, -0.1) is 0 Å². The zero-order valence-corrected chi connectivity index (χ0v) is 14.6. The number of fused-ring (bicyclic) bond motifs is 1. The Morgan fingerprint density at radius 1 is 1.24 bits per heavy atom. The van der Waals surface area contributed by atoms with E-state index in [1.165, 1.54) is 41.8 Å². The van der Waals surface area contributed by atoms with Crippen LogP contribution in [0, 0.1) is 5.92 Å². The van der Waals surface area contributed by atoms with Crippen molar-refractivity contribution in [1.29, 1.82) is 0 Å². The van der Waals surface area contributed by atoms with Gasteiger partial charge in [0.15, 0.2) is 17.3 Å². The maximum Gasteiger partial charge on any atom is 0.437 e. The summed E-state index contributed by atoms with van der Waals surface area (Å²) in [7, 11) is 0. The molecule has 1 saturated heterocycles. The lowest BCUT2D eigenvalue weighted by Gasteiger charge is -2.45. The Morgan fingerprint density at radius 3 is 2.69 bits per heavy atom. The first kappa shape index (κ1) is 19.0. The third-order valence-electron chi connectivity index (χ3n) is 4.79. The van der Waals surface area contributed by atoms with Gasteiger partial charge in [-0.05, 0) is 29.8 Å². The van der Waals surface area contributed by atoms with Crippen molar-refractivity contribution in [2.45, 2.75) is 17.9 Å². The van der Waals surface area contributed by atoms with Crippen molar-refractivity contribution in [1.82, 2.24) is 15.6 Å². The summed E-state index contributed by atoms with van der Waals surface area (Å²) in [6.07, 6.45) is -2.89. The smallest absolute Gasteiger partial charge is 0.437 e. The molecule has 0 bridgehead atoms. The van der Waals surface area contributed by atoms with E-state index in [-0.39, 0.29) is 23.7 Å². The number of Topliss-reactive ketones (excluding diaryl/α,β-unsaturated/α-hetero) is 1. The van der Waals surface area contributed by atoms with Gasteiger partial charge in [-0.25, -0.2) is 4.79 Å². The van der Waals surface area contributed by atoms with Crippen molar-refractivity contribution in [3.63, 3.8) is 0 Å². The summed E-state index contributed by atoms with van der Waals surface area (Å²) in [5.41, 5.74) is -3.82. The second-order valence-electron chi connectivity index (χ2n) is 6.54. The van der Waals surface area contributed by atoms with E-state index in [4.69, 9.17) is 9.47 Å². The van der Waals surface area contributed by atoms with Crippen LogP contribution in [-0.2, 0) is 0 Å². The number of hydrogen-bond donors (Lipinski definition) is 3. The third kappa shape index (κ3) is 3.12. The molecule has 152 valence electrons. The van der Waals surface area contributed by atoms with Crippen LogP contribution in [0.15, 0.2) is 42.7 Å². The van der Waals surface area contributed by atoms with Crippen molar-refractivity contribution in [3.8, 4) is 11.5 Å². The van der Waals surface area contributed by atoms with Crippen LogP contribution in [0.5, 0.6) is 11.5 Å². The number of ether oxygens (including phenoxy) is 2. The zero-order valence-electron chi connectivity index (χ0n) is 14.6. The summed E-state index contributed by atoms with van der Waals surface area (Å²) in [6, 6.07) is 4.08. The zero-order chi connectivity index (χ0) is 20.8. The number of rotatable bonds is 3. The topological polar surface area (TPSA) is 110 Å². The Labute approximate surface area is 161 Å². The number of urea groups is 1. The number of pyridine rings is 1. The summed E-state index contributed by atoms with van der Waals surface area (Å²) in [5.74, 6) is -2.56. The molecule has 0 radical (unpaired) electrons. The van der Waals surface area contributed by atoms with E-state index in [0.29, 0.717) is 5.75 Å². The van der Waals surface area contributed by atoms with Gasteiger partial charge in [-0.2, -0.15) is 13.2 Å². The fourth-order valence-electron chi connectivity index (χ4n) is 3.41. The highest BCUT2D eigenvalue weighted by Crippen LogP contribution is 2.45. The van der Waals surface area contributed by atoms with Gasteiger partial charge in [0.2, 0.25) is 12.5 Å². The molecule has 1 fully saturated rings. The number of nitrogens with zero attached hydrogens (tertiary/aromatic N) is 1. The van der Waals surface area contributed by atoms with Crippen molar-refractivity contribution in [2.75, 3.05) is 6.79 Å². The molecular weight excluding hydrogens is 395 g/mol. The molecule has 29 heavy (non-hydrogen) atoms. The number of nitrogens with one attached hydrogen (secondary N) is 2. The summed E-state index contributed by atoms with van der Waals surface area (Å²) < 4.78 is 51.9. The Kier molecular flexibility index (Phi) is 4.34. The van der Waals surface area contributed by atoms with Crippen molar-refractivity contribution < 1.29 is 37.3 Å². The van der Waals surface area contributed by atoms with E-state index in [2.05, 4.69) is 10.3 Å². The Hall–Kier alpha value is -3.34. The predicted molar refractivity (Wildman–Crippen MR) is 90.0 cm³/mol. The lowest BCUT2D eigenvalue weighted by atomic mass is 9.77. The maximum atomic E-state index is 13.8. The van der Waals surface area contributed by atoms with Gasteiger partial charge < -0.3 is 25.2 Å². The molecule has 1 aromatic carbocycles. The minimum absolute atomic E-state index is 0.0676. The molecule has 3 heterocycles. The summed E-state index contributed by atoms with van der Waals surface area (Å²) in [4.78, 5) is 28.8. The molecule has 0 spiro atoms. The largest absolute Gasteiger partial charge is 0.454 e. The van der Waals surface area contributed by atoms with Gasteiger partial charge in [-0.1, -0.05) is 6.07 Å². The van der Waals surface area contributed by atoms with Crippen LogP contribution in [0.4, 0.5) is 18.0 Å². The van der Waals surface area contributed by atoms with Crippen LogP contribution >= 0.6 is 0 Å². The minimum atomic E-state index is -5.33. The summed E-state index contributed by atoms with van der Waals surface area (Å²) in [6.45, 7) is -0.0676. The number of alkyl halides is 3. The van der Waals surface area contributed by atoms with Gasteiger partial charge in [0.25, 0.3) is 0 Å². The maximum absolute atomic E-state index is 13.8. The number of hydrogen-bond acceptors (Lipinski definition) is 6. The molecule has 2 aromatic rings. The number of aromatic nitrogens is 1. The van der Waals surface area contributed by atoms with E-state index in [0.717, 1.165) is 6.20 Å². The number of carbonyl (C=O) groups is 2. The third-order valence-corrected chi connectivity index (χ3v) is 4.79. The monoisotopic (exact) mass is 409 g/mol. The van der Waals surface area contributed by atoms with Crippen molar-refractivity contribution >= 4 is 11.8 Å². The molecular formula is C18H14F3N3O5. The van der Waals surface area contributed by atoms with E-state index >= 15 is 0 Å². The van der Waals surface area contributed by atoms with Crippen LogP contribution in [0.25, 0.3) is 0 Å². The van der Waals surface area contributed by atoms with E-state index in [1.54, 1.807) is 0 Å². The average molecular weight is 409 g/mol. The van der Waals surface area contributed by atoms with E-state index in [9.17, 15) is 27.9 Å². The molecule has 8 nitrogen and oxygen atoms in total. The highest BCUT2D eigenvalue weighted by Gasteiger charge is 2.66. The van der Waals surface area contributed by atoms with Gasteiger partial charge in [0, 0.05) is 18.0 Å². The number of benzene rings is 1. The first-order valence-electron chi connectivity index (χ1n) is 8.42. The van der Waals surface area contributed by atoms with Crippen molar-refractivity contribution in [3.05, 3.63) is 53.9 Å². The Bertz CT molecular complexity index is 969. The molecule has 0 unspecified atom stereocenters. The van der Waals surface area contributed by atoms with Crippen molar-refractivity contribution in [2.24, 2.45) is 5.92 Å². The standard InChI is InChI=1S/C18H14F3N3O5/c19-18(20,21)17(27)13(15(25)10-2-1-5-22-7-10)14(23-16(26)24-17)9-3-4-11-12(6-9)29-8-28-11/h1-7,13-14,27H,8H2,(H2,23,24,26)/t13-,14+,17-/m1/s1.